The van der Waals surface area contributed by atoms with Crippen molar-refractivity contribution in [1.29, 1.82) is 0 Å². The molecule has 5 aromatic rings. The Morgan fingerprint density at radius 3 is 2.67 bits per heavy atom. The van der Waals surface area contributed by atoms with Gasteiger partial charge in [0.15, 0.2) is 0 Å². The van der Waals surface area contributed by atoms with E-state index in [0.717, 1.165) is 5.56 Å². The molecular weight excluding hydrogens is 535 g/mol. The number of halogens is 1. The van der Waals surface area contributed by atoms with Crippen molar-refractivity contribution in [2.45, 2.75) is 32.7 Å². The molecule has 1 N–H and O–H groups in total. The van der Waals surface area contributed by atoms with Crippen molar-refractivity contribution in [2.24, 2.45) is 0 Å². The Balaban J connectivity index is 1.71. The monoisotopic (exact) mass is 566 g/mol. The number of carbonyl (C=O) groups is 1. The third-order valence-corrected chi connectivity index (χ3v) is 8.02. The lowest BCUT2D eigenvalue weighted by molar-refractivity contribution is -0.126. The lowest BCUT2D eigenvalue weighted by atomic mass is 9.96. The molecule has 0 radical (unpaired) electrons. The Hall–Kier alpha value is -4.92. The number of fused-ring (bicyclic) bond motifs is 3. The number of para-hydroxylation sites is 1. The number of anilines is 1. The fourth-order valence-electron chi connectivity index (χ4n) is 6.02. The van der Waals surface area contributed by atoms with Crippen LogP contribution in [0.1, 0.15) is 32.3 Å². The van der Waals surface area contributed by atoms with E-state index < -0.39 is 11.5 Å². The van der Waals surface area contributed by atoms with E-state index >= 15 is 4.39 Å². The van der Waals surface area contributed by atoms with E-state index in [1.807, 2.05) is 49.9 Å². The molecule has 214 valence electrons. The van der Waals surface area contributed by atoms with Gasteiger partial charge >= 0.3 is 5.69 Å². The zero-order chi connectivity index (χ0) is 29.7. The van der Waals surface area contributed by atoms with Crippen LogP contribution in [0.15, 0.2) is 82.7 Å². The summed E-state index contributed by atoms with van der Waals surface area (Å²) >= 11 is 0. The van der Waals surface area contributed by atoms with Crippen LogP contribution < -0.4 is 10.6 Å². The summed E-state index contributed by atoms with van der Waals surface area (Å²) in [4.78, 5) is 34.7. The molecule has 1 unspecified atom stereocenters. The second-order valence-electron chi connectivity index (χ2n) is 10.9. The predicted octanol–water partition coefficient (Wildman–Crippen LogP) is 5.99. The summed E-state index contributed by atoms with van der Waals surface area (Å²) in [5, 5.41) is 11.9. The Morgan fingerprint density at radius 2 is 1.95 bits per heavy atom. The summed E-state index contributed by atoms with van der Waals surface area (Å²) in [6, 6.07) is 15.1. The van der Waals surface area contributed by atoms with Crippen LogP contribution in [0.5, 0.6) is 5.75 Å². The smallest absolute Gasteiger partial charge is 0.354 e. The number of carbonyl (C=O) groups excluding carboxylic acids is 1. The van der Waals surface area contributed by atoms with Crippen molar-refractivity contribution in [2.75, 3.05) is 24.5 Å². The van der Waals surface area contributed by atoms with Crippen LogP contribution in [0, 0.1) is 5.82 Å². The number of aromatic hydroxyl groups is 1. The van der Waals surface area contributed by atoms with Gasteiger partial charge in [-0.05, 0) is 54.8 Å². The molecular formula is C33H31FN4O4. The van der Waals surface area contributed by atoms with Crippen LogP contribution >= 0.6 is 0 Å². The standard InChI is InChI=1S/C33H31FN4O4/c1-5-28(40)36-14-15-37(20(4)18-36)32-30-26(38(33(41)35-32)25-11-7-6-9-21(25)19(2)3)17-23(22-13-16-42-31(22)30)29-24(34)10-8-12-27(29)39/h5-13,16-17,19-20,39H,1,14-15,18H2,2-4H3. The van der Waals surface area contributed by atoms with Crippen LogP contribution in [0.2, 0.25) is 0 Å². The molecule has 0 spiro atoms. The number of furan rings is 1. The van der Waals surface area contributed by atoms with Gasteiger partial charge in [0, 0.05) is 36.6 Å². The van der Waals surface area contributed by atoms with Gasteiger partial charge in [-0.2, -0.15) is 4.98 Å². The van der Waals surface area contributed by atoms with E-state index in [0.29, 0.717) is 58.6 Å². The first-order valence-electron chi connectivity index (χ1n) is 13.9. The minimum absolute atomic E-state index is 0.0187. The number of hydrogen-bond donors (Lipinski definition) is 1. The summed E-state index contributed by atoms with van der Waals surface area (Å²) in [7, 11) is 0. The molecule has 9 heteroatoms. The number of phenolic OH excluding ortho intramolecular Hbond substituents is 1. The molecule has 1 aliphatic rings. The number of rotatable bonds is 5. The van der Waals surface area contributed by atoms with Gasteiger partial charge in [0.2, 0.25) is 5.91 Å². The minimum atomic E-state index is -0.598. The van der Waals surface area contributed by atoms with Gasteiger partial charge in [0.1, 0.15) is 23.0 Å². The second kappa shape index (κ2) is 10.5. The van der Waals surface area contributed by atoms with Crippen molar-refractivity contribution >= 4 is 33.6 Å². The van der Waals surface area contributed by atoms with Gasteiger partial charge in [-0.3, -0.25) is 9.36 Å². The molecule has 0 aliphatic carbocycles. The number of benzene rings is 3. The molecule has 1 saturated heterocycles. The summed E-state index contributed by atoms with van der Waals surface area (Å²) in [5.41, 5.74) is 2.39. The third kappa shape index (κ3) is 4.32. The largest absolute Gasteiger partial charge is 0.507 e. The first kappa shape index (κ1) is 27.3. The normalized spacial score (nSPS) is 15.6. The Morgan fingerprint density at radius 1 is 1.17 bits per heavy atom. The Bertz CT molecular complexity index is 1910. The predicted molar refractivity (Wildman–Crippen MR) is 162 cm³/mol. The van der Waals surface area contributed by atoms with E-state index in [4.69, 9.17) is 4.42 Å². The number of nitrogens with zero attached hydrogens (tertiary/aromatic N) is 4. The van der Waals surface area contributed by atoms with Crippen molar-refractivity contribution in [3.05, 3.63) is 95.4 Å². The first-order valence-corrected chi connectivity index (χ1v) is 13.9. The summed E-state index contributed by atoms with van der Waals surface area (Å²) < 4.78 is 22.9. The maximum absolute atomic E-state index is 15.3. The van der Waals surface area contributed by atoms with E-state index in [-0.39, 0.29) is 29.2 Å². The van der Waals surface area contributed by atoms with Crippen molar-refractivity contribution < 1.29 is 18.7 Å². The molecule has 6 rings (SSSR count). The van der Waals surface area contributed by atoms with Gasteiger partial charge in [-0.25, -0.2) is 9.18 Å². The van der Waals surface area contributed by atoms with E-state index in [1.165, 1.54) is 30.5 Å². The highest BCUT2D eigenvalue weighted by Gasteiger charge is 2.31. The van der Waals surface area contributed by atoms with Gasteiger partial charge in [0.05, 0.1) is 28.4 Å². The first-order chi connectivity index (χ1) is 20.2. The average Bonchev–Trinajstić information content (AvgIpc) is 3.46. The second-order valence-corrected chi connectivity index (χ2v) is 10.9. The summed E-state index contributed by atoms with van der Waals surface area (Å²) in [6.07, 6.45) is 2.81. The maximum Gasteiger partial charge on any atom is 0.354 e. The molecule has 1 atom stereocenters. The number of piperazine rings is 1. The highest BCUT2D eigenvalue weighted by Crippen LogP contribution is 2.43. The molecule has 1 amide bonds. The molecule has 1 aliphatic heterocycles. The number of hydrogen-bond acceptors (Lipinski definition) is 6. The molecule has 2 aromatic heterocycles. The zero-order valence-electron chi connectivity index (χ0n) is 23.7. The Kier molecular flexibility index (Phi) is 6.80. The van der Waals surface area contributed by atoms with E-state index in [1.54, 1.807) is 21.6 Å². The SMILES string of the molecule is C=CC(=O)N1CCN(c2nc(=O)n(-c3ccccc3C(C)C)c3cc(-c4c(O)cccc4F)c4ccoc4c23)C(C)C1. The highest BCUT2D eigenvalue weighted by molar-refractivity contribution is 6.15. The fourth-order valence-corrected chi connectivity index (χ4v) is 6.02. The van der Waals surface area contributed by atoms with Crippen molar-refractivity contribution in [1.82, 2.24) is 14.5 Å². The topological polar surface area (TPSA) is 91.8 Å². The highest BCUT2D eigenvalue weighted by atomic mass is 19.1. The summed E-state index contributed by atoms with van der Waals surface area (Å²) in [6.45, 7) is 11.0. The van der Waals surface area contributed by atoms with Crippen LogP contribution in [0.25, 0.3) is 38.7 Å². The van der Waals surface area contributed by atoms with Gasteiger partial charge in [-0.1, -0.05) is 44.7 Å². The molecule has 8 nitrogen and oxygen atoms in total. The van der Waals surface area contributed by atoms with Gasteiger partial charge in [0.25, 0.3) is 0 Å². The molecule has 1 fully saturated rings. The van der Waals surface area contributed by atoms with Crippen LogP contribution in [-0.2, 0) is 4.79 Å². The van der Waals surface area contributed by atoms with Crippen LogP contribution in [0.3, 0.4) is 0 Å². The molecule has 0 bridgehead atoms. The quantitative estimate of drug-likeness (QED) is 0.263. The lowest BCUT2D eigenvalue weighted by Gasteiger charge is -2.40. The Labute approximate surface area is 241 Å². The number of amides is 1. The van der Waals surface area contributed by atoms with Crippen LogP contribution in [-0.4, -0.2) is 51.1 Å². The fraction of sp³-hybridized carbons (Fsp3) is 0.242. The molecule has 3 aromatic carbocycles. The number of phenols is 1. The third-order valence-electron chi connectivity index (χ3n) is 8.02. The lowest BCUT2D eigenvalue weighted by Crippen LogP contribution is -2.54. The molecule has 3 heterocycles. The van der Waals surface area contributed by atoms with Crippen molar-refractivity contribution in [3.63, 3.8) is 0 Å². The molecule has 42 heavy (non-hydrogen) atoms. The van der Waals surface area contributed by atoms with Gasteiger partial charge in [-0.15, -0.1) is 0 Å². The van der Waals surface area contributed by atoms with Crippen LogP contribution in [0.4, 0.5) is 10.2 Å². The minimum Gasteiger partial charge on any atom is -0.507 e. The van der Waals surface area contributed by atoms with Crippen molar-refractivity contribution in [3.8, 4) is 22.6 Å². The maximum atomic E-state index is 15.3. The number of aromatic nitrogens is 2. The summed E-state index contributed by atoms with van der Waals surface area (Å²) in [5.74, 6) is -0.447. The van der Waals surface area contributed by atoms with E-state index in [9.17, 15) is 14.7 Å². The van der Waals surface area contributed by atoms with Gasteiger partial charge < -0.3 is 19.3 Å². The van der Waals surface area contributed by atoms with E-state index in [2.05, 4.69) is 11.6 Å². The zero-order valence-corrected chi connectivity index (χ0v) is 23.7. The molecule has 0 saturated carbocycles. The average molecular weight is 567 g/mol.